The van der Waals surface area contributed by atoms with E-state index in [-0.39, 0.29) is 22.9 Å². The summed E-state index contributed by atoms with van der Waals surface area (Å²) in [7, 11) is 0. The third-order valence-corrected chi connectivity index (χ3v) is 5.94. The highest BCUT2D eigenvalue weighted by molar-refractivity contribution is 6.31. The third kappa shape index (κ3) is 3.77. The summed E-state index contributed by atoms with van der Waals surface area (Å²) < 4.78 is 29.0. The maximum Gasteiger partial charge on any atom is 0.257 e. The first-order valence-corrected chi connectivity index (χ1v) is 10.4. The topological polar surface area (TPSA) is 47.6 Å². The van der Waals surface area contributed by atoms with Gasteiger partial charge in [-0.25, -0.2) is 8.78 Å². The Morgan fingerprint density at radius 3 is 2.73 bits per heavy atom. The fraction of sp³-hybridized carbons (Fsp3) is 0.348. The molecule has 30 heavy (non-hydrogen) atoms. The number of carbonyl (C=O) groups excluding carboxylic acids is 1. The summed E-state index contributed by atoms with van der Waals surface area (Å²) in [4.78, 5) is 16.7. The van der Waals surface area contributed by atoms with E-state index in [1.54, 1.807) is 24.3 Å². The van der Waals surface area contributed by atoms with Crippen LogP contribution >= 0.6 is 0 Å². The molecule has 0 saturated carbocycles. The smallest absolute Gasteiger partial charge is 0.257 e. The van der Waals surface area contributed by atoms with Crippen molar-refractivity contribution in [3.05, 3.63) is 59.8 Å². The van der Waals surface area contributed by atoms with Crippen LogP contribution in [0.5, 0.6) is 0 Å². The summed E-state index contributed by atoms with van der Waals surface area (Å²) in [6, 6.07) is 9.88. The van der Waals surface area contributed by atoms with Crippen molar-refractivity contribution < 1.29 is 13.6 Å². The summed E-state index contributed by atoms with van der Waals surface area (Å²) in [6.45, 7) is 7.92. The summed E-state index contributed by atoms with van der Waals surface area (Å²) >= 11 is 0. The Morgan fingerprint density at radius 1 is 1.20 bits per heavy atom. The predicted octanol–water partition coefficient (Wildman–Crippen LogP) is 4.29. The van der Waals surface area contributed by atoms with Crippen LogP contribution in [0.15, 0.2) is 42.6 Å². The molecule has 1 unspecified atom stereocenters. The molecule has 2 aromatic carbocycles. The van der Waals surface area contributed by atoms with Gasteiger partial charge < -0.3 is 15.5 Å². The molecule has 1 fully saturated rings. The molecule has 0 spiro atoms. The lowest BCUT2D eigenvalue weighted by Gasteiger charge is -2.26. The summed E-state index contributed by atoms with van der Waals surface area (Å²) in [5.41, 5.74) is 1.94. The molecule has 0 radical (unpaired) electrons. The summed E-state index contributed by atoms with van der Waals surface area (Å²) in [5, 5.41) is 5.57. The third-order valence-electron chi connectivity index (χ3n) is 5.94. The largest absolute Gasteiger partial charge is 0.368 e. The van der Waals surface area contributed by atoms with Crippen LogP contribution in [0, 0.1) is 11.6 Å². The monoisotopic (exact) mass is 412 g/mol. The molecule has 5 nitrogen and oxygen atoms in total. The molecule has 7 heteroatoms. The molecule has 158 valence electrons. The number of nitrogens with one attached hydrogen (secondary N) is 2. The van der Waals surface area contributed by atoms with Gasteiger partial charge in [-0.1, -0.05) is 19.9 Å². The fourth-order valence-electron chi connectivity index (χ4n) is 4.35. The van der Waals surface area contributed by atoms with Crippen molar-refractivity contribution in [2.24, 2.45) is 0 Å². The molecule has 0 aliphatic carbocycles. The highest BCUT2D eigenvalue weighted by Crippen LogP contribution is 2.34. The molecule has 2 aliphatic heterocycles. The number of hydrogen-bond acceptors (Lipinski definition) is 4. The maximum absolute atomic E-state index is 14.8. The molecular formula is C23H26F2N4O. The SMILES string of the molecule is CCN(CC)C1CCN(c2ccc(NC=C3C(=O)Nc4cccc(F)c43)cc2F)C1. The van der Waals surface area contributed by atoms with Crippen LogP contribution in [0.3, 0.4) is 0 Å². The van der Waals surface area contributed by atoms with Gasteiger partial charge in [-0.05, 0) is 49.8 Å². The number of hydrogen-bond donors (Lipinski definition) is 2. The van der Waals surface area contributed by atoms with E-state index in [9.17, 15) is 13.6 Å². The number of halogens is 2. The minimum absolute atomic E-state index is 0.189. The number of rotatable bonds is 6. The second-order valence-corrected chi connectivity index (χ2v) is 7.59. The van der Waals surface area contributed by atoms with Gasteiger partial charge in [0.25, 0.3) is 5.91 Å². The van der Waals surface area contributed by atoms with Crippen molar-refractivity contribution in [3.63, 3.8) is 0 Å². The average Bonchev–Trinajstić information content (AvgIpc) is 3.32. The Kier molecular flexibility index (Phi) is 5.72. The number of amides is 1. The normalized spacial score (nSPS) is 19.5. The van der Waals surface area contributed by atoms with E-state index in [1.807, 2.05) is 0 Å². The zero-order chi connectivity index (χ0) is 21.3. The van der Waals surface area contributed by atoms with E-state index in [0.29, 0.717) is 23.1 Å². The highest BCUT2D eigenvalue weighted by atomic mass is 19.1. The Bertz CT molecular complexity index is 987. The Hall–Kier alpha value is -2.93. The van der Waals surface area contributed by atoms with Crippen molar-refractivity contribution >= 4 is 28.5 Å². The van der Waals surface area contributed by atoms with E-state index in [2.05, 4.69) is 34.3 Å². The van der Waals surface area contributed by atoms with Crippen molar-refractivity contribution in [1.29, 1.82) is 0 Å². The number of carbonyl (C=O) groups is 1. The number of anilines is 3. The van der Waals surface area contributed by atoms with Crippen LogP contribution in [0.1, 0.15) is 25.8 Å². The Balaban J connectivity index is 1.49. The lowest BCUT2D eigenvalue weighted by atomic mass is 10.1. The molecular weight excluding hydrogens is 386 g/mol. The molecule has 2 heterocycles. The van der Waals surface area contributed by atoms with Crippen LogP contribution < -0.4 is 15.5 Å². The van der Waals surface area contributed by atoms with E-state index >= 15 is 0 Å². The van der Waals surface area contributed by atoms with E-state index < -0.39 is 5.82 Å². The van der Waals surface area contributed by atoms with Gasteiger partial charge in [0.05, 0.1) is 16.9 Å². The van der Waals surface area contributed by atoms with Crippen molar-refractivity contribution in [1.82, 2.24) is 4.90 Å². The zero-order valence-electron chi connectivity index (χ0n) is 17.2. The summed E-state index contributed by atoms with van der Waals surface area (Å²) in [5.74, 6) is -1.18. The lowest BCUT2D eigenvalue weighted by molar-refractivity contribution is -0.110. The second-order valence-electron chi connectivity index (χ2n) is 7.59. The van der Waals surface area contributed by atoms with Gasteiger partial charge in [0.15, 0.2) is 0 Å². The lowest BCUT2D eigenvalue weighted by Crippen LogP contribution is -2.37. The van der Waals surface area contributed by atoms with Gasteiger partial charge in [0.2, 0.25) is 0 Å². The van der Waals surface area contributed by atoms with Crippen LogP contribution in [-0.4, -0.2) is 43.0 Å². The Morgan fingerprint density at radius 2 is 2.00 bits per heavy atom. The van der Waals surface area contributed by atoms with Crippen LogP contribution in [0.4, 0.5) is 25.8 Å². The minimum atomic E-state index is -0.475. The van der Waals surface area contributed by atoms with Gasteiger partial charge in [-0.2, -0.15) is 0 Å². The van der Waals surface area contributed by atoms with Gasteiger partial charge >= 0.3 is 0 Å². The number of fused-ring (bicyclic) bond motifs is 1. The molecule has 2 N–H and O–H groups in total. The standard InChI is InChI=1S/C23H26F2N4O/c1-3-28(4-2)16-10-11-29(14-16)21-9-8-15(12-19(21)25)26-13-17-22-18(24)6-5-7-20(22)27-23(17)30/h5-9,12-13,16,26H,3-4,10-11,14H2,1-2H3,(H,27,30). The first kappa shape index (κ1) is 20.3. The molecule has 2 aromatic rings. The van der Waals surface area contributed by atoms with E-state index in [0.717, 1.165) is 32.6 Å². The van der Waals surface area contributed by atoms with Gasteiger partial charge in [0, 0.05) is 36.6 Å². The van der Waals surface area contributed by atoms with Crippen molar-refractivity contribution in [2.45, 2.75) is 26.3 Å². The molecule has 2 aliphatic rings. The molecule has 1 saturated heterocycles. The van der Waals surface area contributed by atoms with Gasteiger partial charge in [0.1, 0.15) is 11.6 Å². The van der Waals surface area contributed by atoms with Gasteiger partial charge in [-0.3, -0.25) is 9.69 Å². The Labute approximate surface area is 175 Å². The summed E-state index contributed by atoms with van der Waals surface area (Å²) in [6.07, 6.45) is 2.44. The molecule has 0 bridgehead atoms. The zero-order valence-corrected chi connectivity index (χ0v) is 17.2. The van der Waals surface area contributed by atoms with E-state index in [1.165, 1.54) is 18.3 Å². The van der Waals surface area contributed by atoms with E-state index in [4.69, 9.17) is 0 Å². The molecule has 1 atom stereocenters. The van der Waals surface area contributed by atoms with Crippen molar-refractivity contribution in [3.8, 4) is 0 Å². The number of nitrogens with zero attached hydrogens (tertiary/aromatic N) is 2. The van der Waals surface area contributed by atoms with Crippen LogP contribution in [0.25, 0.3) is 5.57 Å². The van der Waals surface area contributed by atoms with Crippen LogP contribution in [-0.2, 0) is 4.79 Å². The first-order valence-electron chi connectivity index (χ1n) is 10.4. The minimum Gasteiger partial charge on any atom is -0.368 e. The molecule has 0 aromatic heterocycles. The quantitative estimate of drug-likeness (QED) is 0.695. The predicted molar refractivity (Wildman–Crippen MR) is 117 cm³/mol. The van der Waals surface area contributed by atoms with Gasteiger partial charge in [-0.15, -0.1) is 0 Å². The fourth-order valence-corrected chi connectivity index (χ4v) is 4.35. The second kappa shape index (κ2) is 8.44. The first-order chi connectivity index (χ1) is 14.5. The maximum atomic E-state index is 14.8. The average molecular weight is 412 g/mol. The number of likely N-dealkylation sites (N-methyl/N-ethyl adjacent to an activating group) is 1. The van der Waals surface area contributed by atoms with Crippen LogP contribution in [0.2, 0.25) is 0 Å². The van der Waals surface area contributed by atoms with Crippen molar-refractivity contribution in [2.75, 3.05) is 41.7 Å². The highest BCUT2D eigenvalue weighted by Gasteiger charge is 2.28. The molecule has 4 rings (SSSR count). The molecule has 1 amide bonds. The number of benzene rings is 2.